The number of aryl methyl sites for hydroxylation is 1. The monoisotopic (exact) mass is 278 g/mol. The van der Waals surface area contributed by atoms with Gasteiger partial charge in [-0.15, -0.1) is 0 Å². The van der Waals surface area contributed by atoms with Crippen LogP contribution in [0.5, 0.6) is 11.5 Å². The molecule has 5 heteroatoms. The number of anilines is 1. The lowest BCUT2D eigenvalue weighted by atomic mass is 9.97. The number of amides is 1. The number of methoxy groups -OCH3 is 2. The predicted octanol–water partition coefficient (Wildman–Crippen LogP) is 1.81. The Morgan fingerprint density at radius 1 is 1.25 bits per heavy atom. The van der Waals surface area contributed by atoms with Gasteiger partial charge in [0.25, 0.3) is 0 Å². The van der Waals surface area contributed by atoms with Gasteiger partial charge < -0.3 is 20.1 Å². The number of nitrogens with one attached hydrogen (secondary N) is 2. The van der Waals surface area contributed by atoms with Crippen molar-refractivity contribution in [3.8, 4) is 11.5 Å². The maximum Gasteiger partial charge on any atom is 0.229 e. The van der Waals surface area contributed by atoms with E-state index in [4.69, 9.17) is 9.47 Å². The van der Waals surface area contributed by atoms with Crippen molar-refractivity contribution in [3.05, 3.63) is 17.7 Å². The van der Waals surface area contributed by atoms with Crippen LogP contribution in [0, 0.1) is 18.8 Å². The third-order valence-electron chi connectivity index (χ3n) is 3.84. The lowest BCUT2D eigenvalue weighted by Crippen LogP contribution is -2.28. The van der Waals surface area contributed by atoms with E-state index in [0.29, 0.717) is 17.4 Å². The highest BCUT2D eigenvalue weighted by Gasteiger charge is 2.29. The van der Waals surface area contributed by atoms with Crippen LogP contribution in [0.25, 0.3) is 0 Å². The molecule has 0 unspecified atom stereocenters. The first-order chi connectivity index (χ1) is 9.56. The number of rotatable bonds is 4. The van der Waals surface area contributed by atoms with Gasteiger partial charge >= 0.3 is 0 Å². The third kappa shape index (κ3) is 2.88. The summed E-state index contributed by atoms with van der Waals surface area (Å²) in [5, 5.41) is 6.23. The Morgan fingerprint density at radius 3 is 2.45 bits per heavy atom. The van der Waals surface area contributed by atoms with Gasteiger partial charge in [-0.2, -0.15) is 0 Å². The van der Waals surface area contributed by atoms with Gasteiger partial charge in [0.05, 0.1) is 20.1 Å². The summed E-state index contributed by atoms with van der Waals surface area (Å²) < 4.78 is 10.5. The molecule has 2 N–H and O–H groups in total. The maximum atomic E-state index is 12.3. The normalized spacial score (nSPS) is 21.6. The summed E-state index contributed by atoms with van der Waals surface area (Å²) in [4.78, 5) is 12.3. The van der Waals surface area contributed by atoms with Crippen molar-refractivity contribution in [2.75, 3.05) is 32.6 Å². The first-order valence-corrected chi connectivity index (χ1v) is 6.81. The zero-order valence-corrected chi connectivity index (χ0v) is 12.4. The summed E-state index contributed by atoms with van der Waals surface area (Å²) in [7, 11) is 3.18. The summed E-state index contributed by atoms with van der Waals surface area (Å²) in [5.74, 6) is 1.71. The minimum atomic E-state index is 0.0162. The minimum absolute atomic E-state index is 0.0162. The van der Waals surface area contributed by atoms with Gasteiger partial charge in [0.2, 0.25) is 5.91 Å². The first-order valence-electron chi connectivity index (χ1n) is 6.81. The Bertz CT molecular complexity index is 502. The Hall–Kier alpha value is -1.75. The second kappa shape index (κ2) is 6.13. The second-order valence-corrected chi connectivity index (χ2v) is 5.25. The average Bonchev–Trinajstić information content (AvgIpc) is 2.86. The summed E-state index contributed by atoms with van der Waals surface area (Å²) in [6.45, 7) is 5.65. The fraction of sp³-hybridized carbons (Fsp3) is 0.533. The zero-order chi connectivity index (χ0) is 14.7. The lowest BCUT2D eigenvalue weighted by Gasteiger charge is -2.17. The van der Waals surface area contributed by atoms with E-state index in [2.05, 4.69) is 17.6 Å². The summed E-state index contributed by atoms with van der Waals surface area (Å²) in [6.07, 6.45) is 0. The first kappa shape index (κ1) is 14.7. The molecule has 1 saturated heterocycles. The number of hydrogen-bond donors (Lipinski definition) is 2. The summed E-state index contributed by atoms with van der Waals surface area (Å²) in [6, 6.07) is 3.67. The second-order valence-electron chi connectivity index (χ2n) is 5.25. The standard InChI is InChI=1S/C15H22N2O3/c1-9-5-13(19-3)14(20-4)6-12(9)17-15(18)11-8-16-7-10(11)2/h5-6,10-11,16H,7-8H2,1-4H3,(H,17,18)/t10-,11-/m1/s1. The van der Waals surface area contributed by atoms with E-state index < -0.39 is 0 Å². The van der Waals surface area contributed by atoms with Crippen LogP contribution in [0.3, 0.4) is 0 Å². The van der Waals surface area contributed by atoms with Crippen molar-refractivity contribution < 1.29 is 14.3 Å². The summed E-state index contributed by atoms with van der Waals surface area (Å²) >= 11 is 0. The molecule has 2 rings (SSSR count). The topological polar surface area (TPSA) is 59.6 Å². The molecule has 1 amide bonds. The molecule has 0 spiro atoms. The van der Waals surface area contributed by atoms with Crippen molar-refractivity contribution in [1.82, 2.24) is 5.32 Å². The van der Waals surface area contributed by atoms with Gasteiger partial charge in [-0.3, -0.25) is 4.79 Å². The SMILES string of the molecule is COc1cc(C)c(NC(=O)[C@@H]2CNC[C@H]2C)cc1OC. The van der Waals surface area contributed by atoms with E-state index in [0.717, 1.165) is 24.3 Å². The molecule has 110 valence electrons. The maximum absolute atomic E-state index is 12.3. The van der Waals surface area contributed by atoms with Crippen molar-refractivity contribution in [3.63, 3.8) is 0 Å². The quantitative estimate of drug-likeness (QED) is 0.882. The van der Waals surface area contributed by atoms with E-state index in [9.17, 15) is 4.79 Å². The van der Waals surface area contributed by atoms with E-state index in [-0.39, 0.29) is 11.8 Å². The highest BCUT2D eigenvalue weighted by molar-refractivity contribution is 5.94. The zero-order valence-electron chi connectivity index (χ0n) is 12.4. The third-order valence-corrected chi connectivity index (χ3v) is 3.84. The molecular formula is C15H22N2O3. The van der Waals surface area contributed by atoms with Crippen molar-refractivity contribution >= 4 is 11.6 Å². The molecule has 0 aromatic heterocycles. The van der Waals surface area contributed by atoms with Crippen LogP contribution >= 0.6 is 0 Å². The van der Waals surface area contributed by atoms with Gasteiger partial charge in [0.1, 0.15) is 0 Å². The molecular weight excluding hydrogens is 256 g/mol. The van der Waals surface area contributed by atoms with Crippen molar-refractivity contribution in [1.29, 1.82) is 0 Å². The highest BCUT2D eigenvalue weighted by Crippen LogP contribution is 2.33. The Labute approximate surface area is 119 Å². The lowest BCUT2D eigenvalue weighted by molar-refractivity contribution is -0.120. The van der Waals surface area contributed by atoms with Crippen LogP contribution < -0.4 is 20.1 Å². The summed E-state index contributed by atoms with van der Waals surface area (Å²) in [5.41, 5.74) is 1.72. The molecule has 20 heavy (non-hydrogen) atoms. The van der Waals surface area contributed by atoms with Crippen LogP contribution in [-0.2, 0) is 4.79 Å². The Kier molecular flexibility index (Phi) is 4.49. The molecule has 0 radical (unpaired) electrons. The van der Waals surface area contributed by atoms with Crippen LogP contribution in [-0.4, -0.2) is 33.2 Å². The van der Waals surface area contributed by atoms with Gasteiger partial charge in [-0.25, -0.2) is 0 Å². The Balaban J connectivity index is 2.18. The molecule has 1 heterocycles. The fourth-order valence-electron chi connectivity index (χ4n) is 2.50. The number of benzene rings is 1. The van der Waals surface area contributed by atoms with Crippen molar-refractivity contribution in [2.45, 2.75) is 13.8 Å². The largest absolute Gasteiger partial charge is 0.493 e. The van der Waals surface area contributed by atoms with Crippen molar-refractivity contribution in [2.24, 2.45) is 11.8 Å². The molecule has 1 aliphatic heterocycles. The molecule has 1 fully saturated rings. The van der Waals surface area contributed by atoms with E-state index >= 15 is 0 Å². The van der Waals surface area contributed by atoms with Crippen LogP contribution in [0.1, 0.15) is 12.5 Å². The van der Waals surface area contributed by atoms with Gasteiger partial charge in [0, 0.05) is 18.3 Å². The fourth-order valence-corrected chi connectivity index (χ4v) is 2.50. The average molecular weight is 278 g/mol. The molecule has 1 aromatic carbocycles. The molecule has 1 aliphatic rings. The van der Waals surface area contributed by atoms with Gasteiger partial charge in [-0.1, -0.05) is 6.92 Å². The van der Waals surface area contributed by atoms with Gasteiger partial charge in [0.15, 0.2) is 11.5 Å². The molecule has 0 saturated carbocycles. The van der Waals surface area contributed by atoms with E-state index in [1.165, 1.54) is 0 Å². The molecule has 0 aliphatic carbocycles. The number of carbonyl (C=O) groups is 1. The van der Waals surface area contributed by atoms with E-state index in [1.807, 2.05) is 13.0 Å². The smallest absolute Gasteiger partial charge is 0.229 e. The minimum Gasteiger partial charge on any atom is -0.493 e. The van der Waals surface area contributed by atoms with E-state index in [1.54, 1.807) is 20.3 Å². The van der Waals surface area contributed by atoms with Gasteiger partial charge in [-0.05, 0) is 31.0 Å². The number of carbonyl (C=O) groups excluding carboxylic acids is 1. The number of ether oxygens (including phenoxy) is 2. The molecule has 5 nitrogen and oxygen atoms in total. The van der Waals surface area contributed by atoms with Crippen LogP contribution in [0.15, 0.2) is 12.1 Å². The van der Waals surface area contributed by atoms with Crippen LogP contribution in [0.2, 0.25) is 0 Å². The molecule has 1 aromatic rings. The van der Waals surface area contributed by atoms with Crippen LogP contribution in [0.4, 0.5) is 5.69 Å². The number of hydrogen-bond acceptors (Lipinski definition) is 4. The Morgan fingerprint density at radius 2 is 1.90 bits per heavy atom. The molecule has 2 atom stereocenters. The predicted molar refractivity (Wildman–Crippen MR) is 78.4 cm³/mol. The highest BCUT2D eigenvalue weighted by atomic mass is 16.5. The molecule has 0 bridgehead atoms.